The van der Waals surface area contributed by atoms with Crippen molar-refractivity contribution in [3.63, 3.8) is 0 Å². The van der Waals surface area contributed by atoms with E-state index in [1.165, 1.54) is 22.5 Å². The van der Waals surface area contributed by atoms with Crippen molar-refractivity contribution in [2.45, 2.75) is 13.1 Å². The van der Waals surface area contributed by atoms with E-state index in [4.69, 9.17) is 0 Å². The Morgan fingerprint density at radius 2 is 1.65 bits per heavy atom. The summed E-state index contributed by atoms with van der Waals surface area (Å²) in [6.07, 6.45) is 0. The van der Waals surface area contributed by atoms with Gasteiger partial charge in [0.15, 0.2) is 0 Å². The Hall–Kier alpha value is -1.26. The zero-order valence-corrected chi connectivity index (χ0v) is 10.8. The summed E-state index contributed by atoms with van der Waals surface area (Å²) in [5.74, 6) is 0. The molecule has 1 aromatic carbocycles. The Kier molecular flexibility index (Phi) is 2.49. The first-order chi connectivity index (χ1) is 8.13. The fraction of sp³-hybridized carbons (Fsp3) is 0.538. The predicted molar refractivity (Wildman–Crippen MR) is 71.1 cm³/mol. The van der Waals surface area contributed by atoms with E-state index in [1.807, 2.05) is 0 Å². The van der Waals surface area contributed by atoms with Gasteiger partial charge in [-0.05, 0) is 37.4 Å². The number of anilines is 2. The Bertz CT molecular complexity index is 443. The van der Waals surface area contributed by atoms with Gasteiger partial charge in [0.2, 0.25) is 0 Å². The maximum Gasteiger partial charge on any atom is 0.0874 e. The number of nitrogens with one attached hydrogen (secondary N) is 1. The van der Waals surface area contributed by atoms with Gasteiger partial charge >= 0.3 is 0 Å². The highest BCUT2D eigenvalue weighted by Gasteiger charge is 2.21. The molecule has 4 nitrogen and oxygen atoms in total. The van der Waals surface area contributed by atoms with Gasteiger partial charge in [-0.2, -0.15) is 0 Å². The molecule has 0 atom stereocenters. The van der Waals surface area contributed by atoms with Crippen LogP contribution >= 0.6 is 0 Å². The van der Waals surface area contributed by atoms with Crippen LogP contribution in [0.1, 0.15) is 11.1 Å². The molecule has 0 saturated carbocycles. The summed E-state index contributed by atoms with van der Waals surface area (Å²) in [5, 5.41) is 3.44. The van der Waals surface area contributed by atoms with Crippen molar-refractivity contribution in [3.8, 4) is 0 Å². The smallest absolute Gasteiger partial charge is 0.0874 e. The molecule has 1 N–H and O–H groups in total. The van der Waals surface area contributed by atoms with Crippen LogP contribution in [-0.4, -0.2) is 44.3 Å². The highest BCUT2D eigenvalue weighted by atomic mass is 15.3. The van der Waals surface area contributed by atoms with E-state index >= 15 is 0 Å². The number of nitrogens with zero attached hydrogens (tertiary/aromatic N) is 3. The first-order valence-electron chi connectivity index (χ1n) is 6.11. The molecule has 17 heavy (non-hydrogen) atoms. The van der Waals surface area contributed by atoms with E-state index in [9.17, 15) is 0 Å². The maximum atomic E-state index is 3.44. The molecule has 0 fully saturated rings. The van der Waals surface area contributed by atoms with Crippen LogP contribution in [0.4, 0.5) is 11.4 Å². The largest absolute Gasteiger partial charge is 0.366 e. The van der Waals surface area contributed by atoms with Crippen LogP contribution in [0.15, 0.2) is 12.1 Å². The second-order valence-corrected chi connectivity index (χ2v) is 5.34. The molecule has 0 bridgehead atoms. The van der Waals surface area contributed by atoms with E-state index in [-0.39, 0.29) is 0 Å². The first-order valence-corrected chi connectivity index (χ1v) is 6.11. The Labute approximate surface area is 103 Å². The summed E-state index contributed by atoms with van der Waals surface area (Å²) >= 11 is 0. The van der Waals surface area contributed by atoms with Crippen molar-refractivity contribution in [1.29, 1.82) is 0 Å². The standard InChI is InChI=1S/C13H20N4/c1-15-6-10-4-12-13(17(3)8-14-12)5-11(10)7-16(2)9-15/h4-5,14H,6-9H2,1-3H3. The van der Waals surface area contributed by atoms with Crippen LogP contribution in [0, 0.1) is 0 Å². The monoisotopic (exact) mass is 232 g/mol. The van der Waals surface area contributed by atoms with E-state index in [2.05, 4.69) is 53.3 Å². The normalized spacial score (nSPS) is 20.8. The van der Waals surface area contributed by atoms with Gasteiger partial charge in [0.05, 0.1) is 24.7 Å². The van der Waals surface area contributed by atoms with Gasteiger partial charge in [0.25, 0.3) is 0 Å². The third-order valence-corrected chi connectivity index (χ3v) is 3.60. The van der Waals surface area contributed by atoms with Crippen molar-refractivity contribution in [1.82, 2.24) is 9.80 Å². The van der Waals surface area contributed by atoms with E-state index in [0.717, 1.165) is 26.4 Å². The lowest BCUT2D eigenvalue weighted by molar-refractivity contribution is 0.185. The lowest BCUT2D eigenvalue weighted by atomic mass is 10.0. The fourth-order valence-corrected chi connectivity index (χ4v) is 2.81. The molecular formula is C13H20N4. The van der Waals surface area contributed by atoms with Crippen LogP contribution in [0.3, 0.4) is 0 Å². The lowest BCUT2D eigenvalue weighted by Gasteiger charge is -2.19. The van der Waals surface area contributed by atoms with Crippen molar-refractivity contribution < 1.29 is 0 Å². The predicted octanol–water partition coefficient (Wildman–Crippen LogP) is 1.34. The topological polar surface area (TPSA) is 21.8 Å². The minimum Gasteiger partial charge on any atom is -0.366 e. The fourth-order valence-electron chi connectivity index (χ4n) is 2.81. The van der Waals surface area contributed by atoms with Gasteiger partial charge in [-0.25, -0.2) is 0 Å². The quantitative estimate of drug-likeness (QED) is 0.728. The molecule has 0 saturated heterocycles. The molecule has 0 aromatic heterocycles. The molecule has 92 valence electrons. The first kappa shape index (κ1) is 10.9. The van der Waals surface area contributed by atoms with E-state index < -0.39 is 0 Å². The number of benzene rings is 1. The summed E-state index contributed by atoms with van der Waals surface area (Å²) < 4.78 is 0. The second kappa shape index (κ2) is 3.89. The average molecular weight is 232 g/mol. The van der Waals surface area contributed by atoms with Crippen molar-refractivity contribution in [3.05, 3.63) is 23.3 Å². The lowest BCUT2D eigenvalue weighted by Crippen LogP contribution is -2.29. The van der Waals surface area contributed by atoms with Crippen LogP contribution in [0.5, 0.6) is 0 Å². The Morgan fingerprint density at radius 1 is 1.00 bits per heavy atom. The van der Waals surface area contributed by atoms with E-state index in [1.54, 1.807) is 0 Å². The number of hydrogen-bond acceptors (Lipinski definition) is 4. The van der Waals surface area contributed by atoms with Gasteiger partial charge in [-0.1, -0.05) is 0 Å². The molecule has 1 aromatic rings. The Morgan fingerprint density at radius 3 is 2.35 bits per heavy atom. The highest BCUT2D eigenvalue weighted by molar-refractivity contribution is 5.76. The Balaban J connectivity index is 2.04. The summed E-state index contributed by atoms with van der Waals surface area (Å²) in [4.78, 5) is 6.99. The van der Waals surface area contributed by atoms with Crippen LogP contribution < -0.4 is 10.2 Å². The molecule has 4 heteroatoms. The summed E-state index contributed by atoms with van der Waals surface area (Å²) in [6.45, 7) is 4.03. The third kappa shape index (κ3) is 1.87. The van der Waals surface area contributed by atoms with Gasteiger partial charge in [-0.3, -0.25) is 9.80 Å². The second-order valence-electron chi connectivity index (χ2n) is 5.34. The highest BCUT2D eigenvalue weighted by Crippen LogP contribution is 2.34. The van der Waals surface area contributed by atoms with Crippen LogP contribution in [-0.2, 0) is 13.1 Å². The average Bonchev–Trinajstić information content (AvgIpc) is 2.54. The van der Waals surface area contributed by atoms with Crippen molar-refractivity contribution >= 4 is 11.4 Å². The molecule has 2 aliphatic heterocycles. The third-order valence-electron chi connectivity index (χ3n) is 3.60. The molecule has 3 rings (SSSR count). The zero-order valence-electron chi connectivity index (χ0n) is 10.8. The van der Waals surface area contributed by atoms with Gasteiger partial charge in [0.1, 0.15) is 0 Å². The molecule has 0 spiro atoms. The minimum atomic E-state index is 0.921. The molecule has 0 radical (unpaired) electrons. The molecule has 0 unspecified atom stereocenters. The SMILES string of the molecule is CN1Cc2cc3c(cc2CN(C)C1)N(C)CN3. The van der Waals surface area contributed by atoms with Gasteiger partial charge < -0.3 is 10.2 Å². The minimum absolute atomic E-state index is 0.921. The molecule has 2 heterocycles. The zero-order chi connectivity index (χ0) is 12.0. The number of hydrogen-bond donors (Lipinski definition) is 1. The van der Waals surface area contributed by atoms with Crippen molar-refractivity contribution in [2.24, 2.45) is 0 Å². The van der Waals surface area contributed by atoms with Gasteiger partial charge in [-0.15, -0.1) is 0 Å². The van der Waals surface area contributed by atoms with Crippen LogP contribution in [0.25, 0.3) is 0 Å². The molecular weight excluding hydrogens is 212 g/mol. The summed E-state index contributed by atoms with van der Waals surface area (Å²) in [6, 6.07) is 4.67. The number of fused-ring (bicyclic) bond motifs is 2. The van der Waals surface area contributed by atoms with Crippen molar-refractivity contribution in [2.75, 3.05) is 44.7 Å². The van der Waals surface area contributed by atoms with Gasteiger partial charge in [0, 0.05) is 20.1 Å². The summed E-state index contributed by atoms with van der Waals surface area (Å²) in [7, 11) is 6.50. The van der Waals surface area contributed by atoms with E-state index in [0.29, 0.717) is 0 Å². The number of rotatable bonds is 0. The molecule has 0 aliphatic carbocycles. The molecule has 2 aliphatic rings. The van der Waals surface area contributed by atoms with Crippen LogP contribution in [0.2, 0.25) is 0 Å². The molecule has 0 amide bonds. The summed E-state index contributed by atoms with van der Waals surface area (Å²) in [5.41, 5.74) is 5.54. The maximum absolute atomic E-state index is 3.44.